The number of hydrogen-bond donors (Lipinski definition) is 1. The van der Waals surface area contributed by atoms with Crippen LogP contribution in [0.25, 0.3) is 0 Å². The van der Waals surface area contributed by atoms with E-state index in [9.17, 15) is 9.59 Å². The molecule has 0 saturated carbocycles. The summed E-state index contributed by atoms with van der Waals surface area (Å²) in [5.41, 5.74) is 0.534. The van der Waals surface area contributed by atoms with Crippen molar-refractivity contribution in [2.75, 3.05) is 46.7 Å². The van der Waals surface area contributed by atoms with Gasteiger partial charge in [0, 0.05) is 32.1 Å². The molecular formula is C15H22ClN3O3. The van der Waals surface area contributed by atoms with Gasteiger partial charge in [-0.3, -0.25) is 14.5 Å². The van der Waals surface area contributed by atoms with E-state index in [1.54, 1.807) is 44.2 Å². The molecular weight excluding hydrogens is 306 g/mol. The van der Waals surface area contributed by atoms with Crippen LogP contribution in [0.3, 0.4) is 0 Å². The van der Waals surface area contributed by atoms with Gasteiger partial charge in [-0.25, -0.2) is 0 Å². The normalized spacial score (nSPS) is 10.5. The Hall–Kier alpha value is -1.79. The maximum atomic E-state index is 12.0. The number of carbonyl (C=O) groups is 2. The third-order valence-electron chi connectivity index (χ3n) is 3.06. The van der Waals surface area contributed by atoms with Crippen LogP contribution in [0.5, 0.6) is 5.75 Å². The number of rotatable bonds is 7. The highest BCUT2D eigenvalue weighted by molar-refractivity contribution is 6.31. The molecule has 1 aromatic rings. The largest absolute Gasteiger partial charge is 0.495 e. The molecule has 0 fully saturated rings. The molecule has 0 aliphatic rings. The molecule has 0 aliphatic carbocycles. The van der Waals surface area contributed by atoms with Gasteiger partial charge >= 0.3 is 0 Å². The van der Waals surface area contributed by atoms with Crippen molar-refractivity contribution in [3.8, 4) is 5.75 Å². The summed E-state index contributed by atoms with van der Waals surface area (Å²) >= 11 is 5.91. The molecule has 7 heteroatoms. The molecule has 0 saturated heterocycles. The van der Waals surface area contributed by atoms with E-state index in [0.717, 1.165) is 0 Å². The van der Waals surface area contributed by atoms with E-state index < -0.39 is 0 Å². The van der Waals surface area contributed by atoms with Crippen molar-refractivity contribution >= 4 is 29.1 Å². The van der Waals surface area contributed by atoms with E-state index in [2.05, 4.69) is 5.32 Å². The lowest BCUT2D eigenvalue weighted by molar-refractivity contribution is -0.130. The molecule has 6 nitrogen and oxygen atoms in total. The summed E-state index contributed by atoms with van der Waals surface area (Å²) < 4.78 is 5.17. The van der Waals surface area contributed by atoms with Crippen LogP contribution in [0.2, 0.25) is 5.02 Å². The monoisotopic (exact) mass is 327 g/mol. The van der Waals surface area contributed by atoms with Crippen molar-refractivity contribution in [1.29, 1.82) is 0 Å². The van der Waals surface area contributed by atoms with Crippen molar-refractivity contribution in [2.24, 2.45) is 0 Å². The minimum atomic E-state index is -0.162. The fourth-order valence-electron chi connectivity index (χ4n) is 1.73. The van der Waals surface area contributed by atoms with E-state index in [1.807, 2.05) is 0 Å². The first kappa shape index (κ1) is 18.3. The van der Waals surface area contributed by atoms with Crippen molar-refractivity contribution < 1.29 is 14.3 Å². The van der Waals surface area contributed by atoms with E-state index >= 15 is 0 Å². The van der Waals surface area contributed by atoms with E-state index in [4.69, 9.17) is 16.3 Å². The number of carbonyl (C=O) groups excluding carboxylic acids is 2. The van der Waals surface area contributed by atoms with Crippen LogP contribution in [0.4, 0.5) is 5.69 Å². The summed E-state index contributed by atoms with van der Waals surface area (Å²) in [5, 5.41) is 3.28. The van der Waals surface area contributed by atoms with Gasteiger partial charge in [0.1, 0.15) is 5.75 Å². The van der Waals surface area contributed by atoms with Gasteiger partial charge in [0.15, 0.2) is 0 Å². The van der Waals surface area contributed by atoms with Gasteiger partial charge in [-0.2, -0.15) is 0 Å². The molecule has 2 amide bonds. The zero-order valence-corrected chi connectivity index (χ0v) is 14.1. The van der Waals surface area contributed by atoms with Gasteiger partial charge in [-0.1, -0.05) is 11.6 Å². The quantitative estimate of drug-likeness (QED) is 0.828. The average Bonchev–Trinajstić information content (AvgIpc) is 2.45. The summed E-state index contributed by atoms with van der Waals surface area (Å²) in [4.78, 5) is 26.9. The number of benzene rings is 1. The summed E-state index contributed by atoms with van der Waals surface area (Å²) in [6.45, 7) is 0.759. The molecule has 122 valence electrons. The number of anilines is 1. The summed E-state index contributed by atoms with van der Waals surface area (Å²) in [6.07, 6.45) is 0.271. The highest BCUT2D eigenvalue weighted by atomic mass is 35.5. The van der Waals surface area contributed by atoms with Crippen LogP contribution >= 0.6 is 11.6 Å². The minimum Gasteiger partial charge on any atom is -0.495 e. The number of nitrogens with one attached hydrogen (secondary N) is 1. The predicted molar refractivity (Wildman–Crippen MR) is 87.4 cm³/mol. The standard InChI is InChI=1S/C15H22ClN3O3/c1-18(2)15(21)10-19(3)8-7-14(20)17-12-9-11(16)5-6-13(12)22-4/h5-6,9H,7-8,10H2,1-4H3,(H,17,20). The second kappa shape index (κ2) is 8.60. The molecule has 1 aromatic carbocycles. The molecule has 0 heterocycles. The zero-order valence-electron chi connectivity index (χ0n) is 13.4. The van der Waals surface area contributed by atoms with E-state index in [0.29, 0.717) is 23.0 Å². The molecule has 0 bridgehead atoms. The first-order valence-electron chi connectivity index (χ1n) is 6.85. The molecule has 0 aromatic heterocycles. The van der Waals surface area contributed by atoms with Crippen LogP contribution in [0.1, 0.15) is 6.42 Å². The maximum Gasteiger partial charge on any atom is 0.236 e. The Morgan fingerprint density at radius 2 is 1.95 bits per heavy atom. The van der Waals surface area contributed by atoms with Gasteiger partial charge in [-0.05, 0) is 25.2 Å². The number of methoxy groups -OCH3 is 1. The van der Waals surface area contributed by atoms with E-state index in [-0.39, 0.29) is 24.8 Å². The average molecular weight is 328 g/mol. The Morgan fingerprint density at radius 1 is 1.27 bits per heavy atom. The number of nitrogens with zero attached hydrogens (tertiary/aromatic N) is 2. The van der Waals surface area contributed by atoms with Crippen LogP contribution < -0.4 is 10.1 Å². The van der Waals surface area contributed by atoms with Gasteiger partial charge in [0.2, 0.25) is 11.8 Å². The second-order valence-electron chi connectivity index (χ2n) is 5.17. The van der Waals surface area contributed by atoms with Crippen LogP contribution in [-0.2, 0) is 9.59 Å². The third kappa shape index (κ3) is 5.91. The Labute approximate surface area is 136 Å². The lowest BCUT2D eigenvalue weighted by atomic mass is 10.2. The molecule has 0 atom stereocenters. The number of amides is 2. The third-order valence-corrected chi connectivity index (χ3v) is 3.30. The van der Waals surface area contributed by atoms with Crippen molar-refractivity contribution in [1.82, 2.24) is 9.80 Å². The smallest absolute Gasteiger partial charge is 0.236 e. The number of hydrogen-bond acceptors (Lipinski definition) is 4. The van der Waals surface area contributed by atoms with Crippen LogP contribution in [-0.4, -0.2) is 63.0 Å². The molecule has 1 N–H and O–H groups in total. The number of halogens is 1. The molecule has 0 aliphatic heterocycles. The zero-order chi connectivity index (χ0) is 16.7. The second-order valence-corrected chi connectivity index (χ2v) is 5.61. The van der Waals surface area contributed by atoms with Crippen molar-refractivity contribution in [3.63, 3.8) is 0 Å². The van der Waals surface area contributed by atoms with Gasteiger partial charge in [0.25, 0.3) is 0 Å². The SMILES string of the molecule is COc1ccc(Cl)cc1NC(=O)CCN(C)CC(=O)N(C)C. The molecule has 0 unspecified atom stereocenters. The Morgan fingerprint density at radius 3 is 2.55 bits per heavy atom. The van der Waals surface area contributed by atoms with Gasteiger partial charge in [0.05, 0.1) is 19.3 Å². The lowest BCUT2D eigenvalue weighted by Gasteiger charge is -2.18. The maximum absolute atomic E-state index is 12.0. The molecule has 0 radical (unpaired) electrons. The topological polar surface area (TPSA) is 61.9 Å². The first-order valence-corrected chi connectivity index (χ1v) is 7.23. The Balaban J connectivity index is 2.50. The van der Waals surface area contributed by atoms with Crippen LogP contribution in [0, 0.1) is 0 Å². The van der Waals surface area contributed by atoms with E-state index in [1.165, 1.54) is 12.0 Å². The first-order chi connectivity index (χ1) is 10.3. The highest BCUT2D eigenvalue weighted by Crippen LogP contribution is 2.27. The highest BCUT2D eigenvalue weighted by Gasteiger charge is 2.12. The molecule has 1 rings (SSSR count). The molecule has 22 heavy (non-hydrogen) atoms. The van der Waals surface area contributed by atoms with Crippen LogP contribution in [0.15, 0.2) is 18.2 Å². The summed E-state index contributed by atoms with van der Waals surface area (Å²) in [6, 6.07) is 5.02. The minimum absolute atomic E-state index is 0.000538. The van der Waals surface area contributed by atoms with Crippen molar-refractivity contribution in [2.45, 2.75) is 6.42 Å². The Bertz CT molecular complexity index is 535. The fourth-order valence-corrected chi connectivity index (χ4v) is 1.91. The molecule has 0 spiro atoms. The summed E-state index contributed by atoms with van der Waals surface area (Å²) in [5.74, 6) is 0.387. The predicted octanol–water partition coefficient (Wildman–Crippen LogP) is 1.70. The van der Waals surface area contributed by atoms with Crippen molar-refractivity contribution in [3.05, 3.63) is 23.2 Å². The fraction of sp³-hybridized carbons (Fsp3) is 0.467. The summed E-state index contributed by atoms with van der Waals surface area (Å²) in [7, 11) is 6.73. The van der Waals surface area contributed by atoms with Gasteiger partial charge < -0.3 is 15.0 Å². The van der Waals surface area contributed by atoms with Gasteiger partial charge in [-0.15, -0.1) is 0 Å². The number of likely N-dealkylation sites (N-methyl/N-ethyl adjacent to an activating group) is 2. The Kier molecular flexibility index (Phi) is 7.14. The number of ether oxygens (including phenoxy) is 1. The lowest BCUT2D eigenvalue weighted by Crippen LogP contribution is -2.35.